The Morgan fingerprint density at radius 3 is 1.05 bits per heavy atom. The third-order valence-corrected chi connectivity index (χ3v) is 17.0. The fourth-order valence-electron chi connectivity index (χ4n) is 10.4. The number of allylic oxidation sites excluding steroid dienone is 21. The summed E-state index contributed by atoms with van der Waals surface area (Å²) in [6, 6.07) is -0.903. The van der Waals surface area contributed by atoms with E-state index in [1.807, 2.05) is 33.3 Å². The van der Waals surface area contributed by atoms with Crippen LogP contribution in [0, 0.1) is 0 Å². The number of phosphoric ester groups is 1. The van der Waals surface area contributed by atoms with Crippen LogP contribution in [0.3, 0.4) is 0 Å². The van der Waals surface area contributed by atoms with Crippen molar-refractivity contribution in [3.63, 3.8) is 0 Å². The molecule has 1 amide bonds. The van der Waals surface area contributed by atoms with Crippen molar-refractivity contribution in [3.05, 3.63) is 134 Å². The summed E-state index contributed by atoms with van der Waals surface area (Å²) in [7, 11) is 1.17. The van der Waals surface area contributed by atoms with Gasteiger partial charge in [-0.1, -0.05) is 315 Å². The molecule has 0 aromatic rings. The molecule has 522 valence electrons. The minimum absolute atomic E-state index is 0.0298. The zero-order valence-corrected chi connectivity index (χ0v) is 60.7. The number of rotatable bonds is 67. The predicted molar refractivity (Wildman–Crippen MR) is 394 cm³/mol. The van der Waals surface area contributed by atoms with E-state index in [0.717, 1.165) is 148 Å². The van der Waals surface area contributed by atoms with Gasteiger partial charge in [0.1, 0.15) is 19.3 Å². The Morgan fingerprint density at radius 1 is 0.396 bits per heavy atom. The Balaban J connectivity index is 5.07. The van der Waals surface area contributed by atoms with E-state index in [-0.39, 0.29) is 24.9 Å². The number of nitrogens with zero attached hydrogens (tertiary/aromatic N) is 1. The van der Waals surface area contributed by atoms with Gasteiger partial charge in [0.2, 0.25) is 5.91 Å². The lowest BCUT2D eigenvalue weighted by molar-refractivity contribution is -0.870. The van der Waals surface area contributed by atoms with Crippen LogP contribution in [0.25, 0.3) is 0 Å². The number of amides is 1. The first-order chi connectivity index (χ1) is 44.4. The highest BCUT2D eigenvalue weighted by atomic mass is 31.2. The summed E-state index contributed by atoms with van der Waals surface area (Å²) in [5.74, 6) is -0.551. The van der Waals surface area contributed by atoms with Crippen LogP contribution in [0.15, 0.2) is 134 Å². The van der Waals surface area contributed by atoms with Crippen LogP contribution < -0.4 is 10.2 Å². The molecule has 91 heavy (non-hydrogen) atoms. The maximum atomic E-state index is 13.6. The van der Waals surface area contributed by atoms with E-state index in [2.05, 4.69) is 148 Å². The second-order valence-corrected chi connectivity index (χ2v) is 27.4. The molecule has 0 bridgehead atoms. The molecule has 0 aliphatic rings. The first-order valence-electron chi connectivity index (χ1n) is 37.5. The molecule has 0 aromatic heterocycles. The summed E-state index contributed by atoms with van der Waals surface area (Å²) >= 11 is 0. The number of hydrogen-bond acceptors (Lipinski definition) is 7. The quantitative estimate of drug-likeness (QED) is 0.0212. The highest BCUT2D eigenvalue weighted by Gasteiger charge is 2.27. The summed E-state index contributed by atoms with van der Waals surface area (Å²) in [6.45, 7) is 6.63. The van der Waals surface area contributed by atoms with Crippen LogP contribution in [-0.2, 0) is 27.9 Å². The number of nitrogens with one attached hydrogen (secondary N) is 1. The first-order valence-corrected chi connectivity index (χ1v) is 39.0. The van der Waals surface area contributed by atoms with Gasteiger partial charge in [0.25, 0.3) is 7.82 Å². The van der Waals surface area contributed by atoms with E-state index in [9.17, 15) is 19.0 Å². The van der Waals surface area contributed by atoms with Gasteiger partial charge in [-0.15, -0.1) is 0 Å². The maximum absolute atomic E-state index is 13.6. The Morgan fingerprint density at radius 2 is 0.703 bits per heavy atom. The van der Waals surface area contributed by atoms with Gasteiger partial charge in [0, 0.05) is 12.8 Å². The maximum Gasteiger partial charge on any atom is 0.306 e. The van der Waals surface area contributed by atoms with Crippen LogP contribution in [0.1, 0.15) is 316 Å². The molecule has 0 radical (unpaired) electrons. The Bertz CT molecular complexity index is 2020. The molecule has 0 saturated carbocycles. The zero-order chi connectivity index (χ0) is 66.3. The summed E-state index contributed by atoms with van der Waals surface area (Å²) in [6.07, 6.45) is 98.6. The van der Waals surface area contributed by atoms with Crippen LogP contribution in [0.5, 0.6) is 0 Å². The number of quaternary nitrogens is 1. The second-order valence-electron chi connectivity index (χ2n) is 26.0. The Kier molecular flexibility index (Phi) is 66.1. The van der Waals surface area contributed by atoms with Gasteiger partial charge in [0.05, 0.1) is 33.8 Å². The van der Waals surface area contributed by atoms with Crippen molar-refractivity contribution in [2.45, 2.75) is 328 Å². The number of unbranched alkanes of at least 4 members (excludes halogenated alkanes) is 31. The van der Waals surface area contributed by atoms with Crippen LogP contribution in [0.4, 0.5) is 0 Å². The lowest BCUT2D eigenvalue weighted by Crippen LogP contribution is -2.47. The molecule has 0 rings (SSSR count). The van der Waals surface area contributed by atoms with Gasteiger partial charge in [-0.25, -0.2) is 0 Å². The third-order valence-electron chi connectivity index (χ3n) is 16.1. The molecule has 0 heterocycles. The minimum Gasteiger partial charge on any atom is -0.756 e. The fraction of sp³-hybridized carbons (Fsp3) is 0.704. The number of phosphoric acid groups is 1. The smallest absolute Gasteiger partial charge is 0.306 e. The largest absolute Gasteiger partial charge is 0.756 e. The van der Waals surface area contributed by atoms with Crippen molar-refractivity contribution in [1.82, 2.24) is 5.32 Å². The zero-order valence-electron chi connectivity index (χ0n) is 59.8. The molecular weight excluding hydrogens is 1140 g/mol. The summed E-state index contributed by atoms with van der Waals surface area (Å²) < 4.78 is 30.5. The van der Waals surface area contributed by atoms with Gasteiger partial charge < -0.3 is 28.5 Å². The van der Waals surface area contributed by atoms with Crippen molar-refractivity contribution < 1.29 is 37.3 Å². The van der Waals surface area contributed by atoms with Gasteiger partial charge in [0.15, 0.2) is 0 Å². The second kappa shape index (κ2) is 69.0. The minimum atomic E-state index is -4.72. The monoisotopic (exact) mass is 1290 g/mol. The van der Waals surface area contributed by atoms with E-state index in [1.165, 1.54) is 135 Å². The summed E-state index contributed by atoms with van der Waals surface area (Å²) in [4.78, 5) is 40.3. The summed E-state index contributed by atoms with van der Waals surface area (Å²) in [5.41, 5.74) is 0. The molecule has 3 atom stereocenters. The average Bonchev–Trinajstić information content (AvgIpc) is 3.45. The van der Waals surface area contributed by atoms with Crippen LogP contribution in [0.2, 0.25) is 0 Å². The Hall–Kier alpha value is -3.85. The van der Waals surface area contributed by atoms with Crippen molar-refractivity contribution in [3.8, 4) is 0 Å². The van der Waals surface area contributed by atoms with E-state index in [1.54, 1.807) is 0 Å². The normalized spacial score (nSPS) is 14.2. The van der Waals surface area contributed by atoms with E-state index in [4.69, 9.17) is 13.8 Å². The van der Waals surface area contributed by atoms with E-state index in [0.29, 0.717) is 17.4 Å². The highest BCUT2D eigenvalue weighted by molar-refractivity contribution is 7.45. The number of hydrogen-bond donors (Lipinski definition) is 1. The van der Waals surface area contributed by atoms with Gasteiger partial charge in [-0.3, -0.25) is 14.2 Å². The van der Waals surface area contributed by atoms with Gasteiger partial charge >= 0.3 is 5.97 Å². The molecule has 0 fully saturated rings. The molecule has 9 nitrogen and oxygen atoms in total. The molecule has 10 heteroatoms. The van der Waals surface area contributed by atoms with Crippen LogP contribution in [-0.4, -0.2) is 69.4 Å². The average molecular weight is 1290 g/mol. The third kappa shape index (κ3) is 70.3. The number of likely N-dealkylation sites (N-methyl/N-ethyl adjacent to an activating group) is 1. The lowest BCUT2D eigenvalue weighted by Gasteiger charge is -2.30. The van der Waals surface area contributed by atoms with Gasteiger partial charge in [-0.05, 0) is 122 Å². The van der Waals surface area contributed by atoms with E-state index < -0.39 is 26.6 Å². The molecule has 0 saturated heterocycles. The SMILES string of the molecule is CC/C=C\C/C=C\C/C=C\C/C=C\C/C=C\CCCCCCCCCCCCCC(=O)NC(COP(=O)([O-])OCC[N+](C)(C)C)C(/C=C/CCCCCCCCCCCCC)OC(=O)CCCCCCCCCCC/C=C\C/C=C\C/C=C\C/C=C\C/C=C\CC. The molecule has 0 aromatic carbocycles. The van der Waals surface area contributed by atoms with Crippen LogP contribution >= 0.6 is 7.82 Å². The van der Waals surface area contributed by atoms with E-state index >= 15 is 0 Å². The number of carbonyl (C=O) groups excluding carboxylic acids is 2. The lowest BCUT2D eigenvalue weighted by atomic mass is 10.0. The molecule has 1 N–H and O–H groups in total. The fourth-order valence-corrected chi connectivity index (χ4v) is 11.1. The standard InChI is InChI=1S/C81H141N2O7P/c1-7-10-13-16-19-22-25-28-30-32-34-36-38-40-41-43-44-46-48-50-52-55-58-61-64-67-70-73-80(84)82-78(77-89-91(86,87)88-76-75-83(4,5)6)79(72-69-66-63-60-57-54-27-24-21-18-15-12-9-3)90-81(85)74-71-68-65-62-59-56-53-51-49-47-45-42-39-37-35-33-31-29-26-23-20-17-14-11-8-2/h10-11,13-14,19-20,22-23,28-31,34-37,40-42,45,69,72,78-79H,7-9,12,15-18,21,24-27,32-33,38-39,43-44,46-68,70-71,73-77H2,1-6H3,(H-,82,84,86,87)/b13-10-,14-11-,22-19-,23-20-,30-28-,31-29-,36-34-,37-35-,41-40-,45-42-,72-69+. The first kappa shape index (κ1) is 87.2. The molecule has 0 aliphatic heterocycles. The predicted octanol–water partition coefficient (Wildman–Crippen LogP) is 23.7. The molecular formula is C81H141N2O7P. The molecule has 3 unspecified atom stereocenters. The van der Waals surface area contributed by atoms with Crippen molar-refractivity contribution in [2.75, 3.05) is 40.9 Å². The number of carbonyl (C=O) groups is 2. The molecule has 0 aliphatic carbocycles. The molecule has 0 spiro atoms. The van der Waals surface area contributed by atoms with Crippen molar-refractivity contribution in [1.29, 1.82) is 0 Å². The number of esters is 1. The highest BCUT2D eigenvalue weighted by Crippen LogP contribution is 2.38. The Labute approximate surface area is 562 Å². The van der Waals surface area contributed by atoms with Gasteiger partial charge in [-0.2, -0.15) is 0 Å². The summed E-state index contributed by atoms with van der Waals surface area (Å²) in [5, 5.41) is 3.05. The van der Waals surface area contributed by atoms with Crippen molar-refractivity contribution in [2.24, 2.45) is 0 Å². The number of ether oxygens (including phenoxy) is 1. The topological polar surface area (TPSA) is 114 Å². The van der Waals surface area contributed by atoms with Crippen molar-refractivity contribution >= 4 is 19.7 Å².